The van der Waals surface area contributed by atoms with Crippen molar-refractivity contribution in [1.29, 1.82) is 0 Å². The minimum Gasteiger partial charge on any atom is -0.506 e. The molecule has 0 bridgehead atoms. The number of hydrogen-bond donors (Lipinski definition) is 2. The van der Waals surface area contributed by atoms with E-state index in [1.165, 1.54) is 0 Å². The van der Waals surface area contributed by atoms with Crippen LogP contribution in [0.15, 0.2) is 60.7 Å². The number of phenols is 1. The van der Waals surface area contributed by atoms with Gasteiger partial charge in [0.15, 0.2) is 0 Å². The van der Waals surface area contributed by atoms with E-state index >= 15 is 0 Å². The summed E-state index contributed by atoms with van der Waals surface area (Å²) in [6.45, 7) is 13.9. The molecule has 5 fully saturated rings. The van der Waals surface area contributed by atoms with Crippen LogP contribution in [0.4, 0.5) is 17.1 Å². The standard InChI is InChI=1S/C46H57N7O6/c1-46(2)42(53(45(46)58)37-6-4-5-7-39(37)54)36-11-9-34(27-40(36)59-3)50-20-16-32(17-21-50)51-24-22-48(23-25-51)28-30-14-18-49(19-15-30)33-8-10-35-31(26-33)29-52(44(35)57)38-12-13-41(55)47-43(38)56/h4-11,26-27,30,32,38,42,54H,12-25,28-29H2,1-3H3,(H,47,55,56)/t38?,42-/m0/s1. The average molecular weight is 804 g/mol. The molecule has 3 aromatic carbocycles. The van der Waals surface area contributed by atoms with E-state index < -0.39 is 11.5 Å². The molecule has 9 rings (SSSR count). The zero-order valence-electron chi connectivity index (χ0n) is 34.6. The van der Waals surface area contributed by atoms with E-state index in [-0.39, 0.29) is 41.8 Å². The molecule has 0 aromatic heterocycles. The summed E-state index contributed by atoms with van der Waals surface area (Å²) < 4.78 is 5.95. The van der Waals surface area contributed by atoms with Gasteiger partial charge in [0.25, 0.3) is 5.91 Å². The number of phenolic OH excluding ortho intramolecular Hbond substituents is 1. The highest BCUT2D eigenvalue weighted by Crippen LogP contribution is 2.55. The lowest BCUT2D eigenvalue weighted by atomic mass is 9.70. The van der Waals surface area contributed by atoms with E-state index in [2.05, 4.69) is 55.2 Å². The maximum absolute atomic E-state index is 13.3. The minimum absolute atomic E-state index is 0.0177. The maximum Gasteiger partial charge on any atom is 0.255 e. The number of piperazine rings is 1. The van der Waals surface area contributed by atoms with Gasteiger partial charge in [0.05, 0.1) is 24.3 Å². The molecule has 5 saturated heterocycles. The van der Waals surface area contributed by atoms with Crippen molar-refractivity contribution in [2.45, 2.75) is 77.0 Å². The molecule has 59 heavy (non-hydrogen) atoms. The fraction of sp³-hybridized carbons (Fsp3) is 0.522. The predicted octanol–water partition coefficient (Wildman–Crippen LogP) is 4.78. The molecule has 0 radical (unpaired) electrons. The number of carbonyl (C=O) groups excluding carboxylic acids is 4. The minimum atomic E-state index is -0.627. The Morgan fingerprint density at radius 1 is 0.797 bits per heavy atom. The number of hydrogen-bond acceptors (Lipinski definition) is 10. The monoisotopic (exact) mass is 803 g/mol. The summed E-state index contributed by atoms with van der Waals surface area (Å²) in [6, 6.07) is 19.2. The van der Waals surface area contributed by atoms with Gasteiger partial charge in [0, 0.05) is 106 Å². The molecule has 13 nitrogen and oxygen atoms in total. The number of amides is 4. The second-order valence-electron chi connectivity index (χ2n) is 17.9. The molecular weight excluding hydrogens is 747 g/mol. The molecule has 3 aromatic rings. The van der Waals surface area contributed by atoms with Crippen LogP contribution in [0.5, 0.6) is 11.5 Å². The molecule has 1 unspecified atom stereocenters. The first-order valence-corrected chi connectivity index (χ1v) is 21.5. The summed E-state index contributed by atoms with van der Waals surface area (Å²) in [5.74, 6) is 0.747. The Hall–Kier alpha value is -5.14. The first kappa shape index (κ1) is 39.3. The number of piperidine rings is 3. The van der Waals surface area contributed by atoms with Gasteiger partial charge in [-0.2, -0.15) is 0 Å². The van der Waals surface area contributed by atoms with Crippen molar-refractivity contribution in [3.8, 4) is 11.5 Å². The number of benzene rings is 3. The summed E-state index contributed by atoms with van der Waals surface area (Å²) in [5.41, 5.74) is 4.75. The average Bonchev–Trinajstić information content (AvgIpc) is 3.58. The summed E-state index contributed by atoms with van der Waals surface area (Å²) in [7, 11) is 1.69. The maximum atomic E-state index is 13.3. The number of nitrogens with one attached hydrogen (secondary N) is 1. The molecule has 13 heteroatoms. The van der Waals surface area contributed by atoms with Crippen molar-refractivity contribution in [3.63, 3.8) is 0 Å². The fourth-order valence-electron chi connectivity index (χ4n) is 10.7. The number of nitrogens with zero attached hydrogens (tertiary/aromatic N) is 6. The van der Waals surface area contributed by atoms with E-state index in [1.807, 2.05) is 26.0 Å². The number of β-lactam (4-membered cyclic amide) rings is 1. The van der Waals surface area contributed by atoms with Gasteiger partial charge in [-0.15, -0.1) is 0 Å². The molecule has 6 aliphatic heterocycles. The molecule has 0 aliphatic carbocycles. The molecule has 312 valence electrons. The quantitative estimate of drug-likeness (QED) is 0.231. The Morgan fingerprint density at radius 3 is 2.17 bits per heavy atom. The first-order valence-electron chi connectivity index (χ1n) is 21.5. The zero-order chi connectivity index (χ0) is 41.0. The van der Waals surface area contributed by atoms with Crippen molar-refractivity contribution in [2.75, 3.05) is 80.7 Å². The third-order valence-corrected chi connectivity index (χ3v) is 14.1. The highest BCUT2D eigenvalue weighted by Gasteiger charge is 2.57. The van der Waals surface area contributed by atoms with Crippen LogP contribution in [0.25, 0.3) is 0 Å². The molecule has 6 aliphatic rings. The Balaban J connectivity index is 0.732. The molecule has 0 saturated carbocycles. The molecule has 6 heterocycles. The second kappa shape index (κ2) is 15.8. The lowest BCUT2D eigenvalue weighted by molar-refractivity contribution is -0.138. The summed E-state index contributed by atoms with van der Waals surface area (Å²) in [6.07, 6.45) is 5.18. The summed E-state index contributed by atoms with van der Waals surface area (Å²) >= 11 is 0. The number of aromatic hydroxyl groups is 1. The second-order valence-corrected chi connectivity index (χ2v) is 17.9. The first-order chi connectivity index (χ1) is 28.5. The van der Waals surface area contributed by atoms with E-state index in [9.17, 15) is 24.3 Å². The van der Waals surface area contributed by atoms with E-state index in [4.69, 9.17) is 4.74 Å². The number of fused-ring (bicyclic) bond motifs is 1. The highest BCUT2D eigenvalue weighted by molar-refractivity contribution is 6.07. The lowest BCUT2D eigenvalue weighted by Gasteiger charge is -2.53. The number of para-hydroxylation sites is 2. The van der Waals surface area contributed by atoms with Gasteiger partial charge in [-0.05, 0) is 93.8 Å². The molecule has 0 spiro atoms. The van der Waals surface area contributed by atoms with E-state index in [1.54, 1.807) is 35.1 Å². The number of anilines is 3. The smallest absolute Gasteiger partial charge is 0.255 e. The van der Waals surface area contributed by atoms with Crippen LogP contribution >= 0.6 is 0 Å². The molecule has 2 N–H and O–H groups in total. The highest BCUT2D eigenvalue weighted by atomic mass is 16.5. The number of carbonyl (C=O) groups is 4. The van der Waals surface area contributed by atoms with E-state index in [0.717, 1.165) is 113 Å². The van der Waals surface area contributed by atoms with Gasteiger partial charge >= 0.3 is 0 Å². The van der Waals surface area contributed by atoms with Gasteiger partial charge in [-0.25, -0.2) is 0 Å². The van der Waals surface area contributed by atoms with Crippen molar-refractivity contribution in [3.05, 3.63) is 77.4 Å². The van der Waals surface area contributed by atoms with Crippen LogP contribution < -0.4 is 24.8 Å². The summed E-state index contributed by atoms with van der Waals surface area (Å²) in [5, 5.41) is 13.0. The third-order valence-electron chi connectivity index (χ3n) is 14.1. The lowest BCUT2D eigenvalue weighted by Crippen LogP contribution is -2.61. The van der Waals surface area contributed by atoms with Crippen LogP contribution in [-0.4, -0.2) is 122 Å². The Labute approximate surface area is 346 Å². The molecular formula is C46H57N7O6. The van der Waals surface area contributed by atoms with Gasteiger partial charge in [-0.3, -0.25) is 34.3 Å². The van der Waals surface area contributed by atoms with Gasteiger partial charge in [0.2, 0.25) is 17.7 Å². The zero-order valence-corrected chi connectivity index (χ0v) is 34.6. The predicted molar refractivity (Wildman–Crippen MR) is 226 cm³/mol. The topological polar surface area (TPSA) is 129 Å². The number of ether oxygens (including phenoxy) is 1. The van der Waals surface area contributed by atoms with Crippen LogP contribution in [-0.2, 0) is 20.9 Å². The number of rotatable bonds is 9. The Bertz CT molecular complexity index is 2120. The van der Waals surface area contributed by atoms with Crippen LogP contribution in [0.1, 0.15) is 79.9 Å². The van der Waals surface area contributed by atoms with Gasteiger partial charge in [0.1, 0.15) is 17.5 Å². The van der Waals surface area contributed by atoms with Crippen LogP contribution in [0, 0.1) is 11.3 Å². The van der Waals surface area contributed by atoms with Crippen LogP contribution in [0.3, 0.4) is 0 Å². The molecule has 4 amide bonds. The van der Waals surface area contributed by atoms with Crippen LogP contribution in [0.2, 0.25) is 0 Å². The van der Waals surface area contributed by atoms with Crippen molar-refractivity contribution < 1.29 is 29.0 Å². The third kappa shape index (κ3) is 7.30. The van der Waals surface area contributed by atoms with Crippen molar-refractivity contribution >= 4 is 40.7 Å². The number of imide groups is 1. The van der Waals surface area contributed by atoms with E-state index in [0.29, 0.717) is 36.2 Å². The SMILES string of the molecule is COc1cc(N2CCC(N3CCN(CC4CCN(c5ccc6c(c5)CN(C5CCC(=O)NC5=O)C6=O)CC4)CC3)CC2)ccc1[C@@H]1N(c2ccccc2O)C(=O)C1(C)C. The summed E-state index contributed by atoms with van der Waals surface area (Å²) in [4.78, 5) is 64.2. The normalized spacial score (nSPS) is 24.7. The Kier molecular flexibility index (Phi) is 10.5. The fourth-order valence-corrected chi connectivity index (χ4v) is 10.7. The van der Waals surface area contributed by atoms with Gasteiger partial charge in [-0.1, -0.05) is 18.2 Å². The van der Waals surface area contributed by atoms with Gasteiger partial charge < -0.3 is 29.4 Å². The largest absolute Gasteiger partial charge is 0.506 e. The Morgan fingerprint density at radius 2 is 1.47 bits per heavy atom. The van der Waals surface area contributed by atoms with Crippen molar-refractivity contribution in [2.24, 2.45) is 11.3 Å². The van der Waals surface area contributed by atoms with Crippen molar-refractivity contribution in [1.82, 2.24) is 20.0 Å². The number of methoxy groups -OCH3 is 1. The molecule has 2 atom stereocenters.